The molecule has 1 rings (SSSR count). The predicted molar refractivity (Wildman–Crippen MR) is 60.6 cm³/mol. The molecule has 0 saturated heterocycles. The molecule has 0 radical (unpaired) electrons. The highest BCUT2D eigenvalue weighted by Crippen LogP contribution is 2.27. The van der Waals surface area contributed by atoms with Crippen LogP contribution in [0.25, 0.3) is 0 Å². The van der Waals surface area contributed by atoms with Crippen molar-refractivity contribution in [2.75, 3.05) is 7.11 Å². The summed E-state index contributed by atoms with van der Waals surface area (Å²) >= 11 is 5.79. The molecule has 1 aromatic rings. The molecule has 0 amide bonds. The normalized spacial score (nSPS) is 11.2. The zero-order valence-corrected chi connectivity index (χ0v) is 10.8. The molecule has 0 fully saturated rings. The van der Waals surface area contributed by atoms with E-state index in [0.717, 1.165) is 7.11 Å². The minimum atomic E-state index is -4.02. The molecule has 16 heavy (non-hydrogen) atoms. The zero-order valence-electron chi connectivity index (χ0n) is 8.45. The van der Waals surface area contributed by atoms with Crippen LogP contribution in [0.2, 0.25) is 5.02 Å². The van der Waals surface area contributed by atoms with Crippen molar-refractivity contribution in [1.29, 1.82) is 0 Å². The maximum atomic E-state index is 11.3. The number of benzene rings is 1. The highest BCUT2D eigenvalue weighted by Gasteiger charge is 2.22. The average Bonchev–Trinajstić information content (AvgIpc) is 2.18. The molecule has 1 aromatic carbocycles. The van der Waals surface area contributed by atoms with Crippen LogP contribution in [0.5, 0.6) is 0 Å². The highest BCUT2D eigenvalue weighted by atomic mass is 35.7. The Morgan fingerprint density at radius 2 is 1.94 bits per heavy atom. The lowest BCUT2D eigenvalue weighted by molar-refractivity contribution is 0.0596. The number of hydrogen-bond donors (Lipinski definition) is 0. The summed E-state index contributed by atoms with van der Waals surface area (Å²) in [7, 11) is 2.33. The summed E-state index contributed by atoms with van der Waals surface area (Å²) in [6.45, 7) is 1.61. The molecular formula is C9H8Cl2O4S. The zero-order chi connectivity index (χ0) is 12.5. The number of carbonyl (C=O) groups excluding carboxylic acids is 1. The first-order valence-corrected chi connectivity index (χ1v) is 6.79. The number of methoxy groups -OCH3 is 1. The number of hydrogen-bond acceptors (Lipinski definition) is 4. The van der Waals surface area contributed by atoms with E-state index in [0.29, 0.717) is 5.56 Å². The van der Waals surface area contributed by atoms with E-state index in [1.165, 1.54) is 12.1 Å². The fourth-order valence-corrected chi connectivity index (χ4v) is 2.40. The Hall–Kier alpha value is -0.780. The lowest BCUT2D eigenvalue weighted by atomic mass is 10.1. The van der Waals surface area contributed by atoms with Crippen LogP contribution >= 0.6 is 22.3 Å². The summed E-state index contributed by atoms with van der Waals surface area (Å²) in [5.74, 6) is -0.805. The number of esters is 1. The second kappa shape index (κ2) is 4.61. The maximum absolute atomic E-state index is 11.3. The molecule has 0 aliphatic carbocycles. The molecular weight excluding hydrogens is 275 g/mol. The van der Waals surface area contributed by atoms with Gasteiger partial charge in [0.1, 0.15) is 0 Å². The van der Waals surface area contributed by atoms with Crippen LogP contribution in [0, 0.1) is 6.92 Å². The van der Waals surface area contributed by atoms with E-state index in [1.807, 2.05) is 0 Å². The third-order valence-corrected chi connectivity index (χ3v) is 3.70. The average molecular weight is 283 g/mol. The van der Waals surface area contributed by atoms with Gasteiger partial charge in [-0.05, 0) is 24.6 Å². The molecule has 0 aliphatic rings. The summed E-state index contributed by atoms with van der Waals surface area (Å²) in [5.41, 5.74) is 0.335. The summed E-state index contributed by atoms with van der Waals surface area (Å²) in [5, 5.41) is 0.268. The van der Waals surface area contributed by atoms with Gasteiger partial charge in [-0.25, -0.2) is 13.2 Å². The van der Waals surface area contributed by atoms with Gasteiger partial charge in [0.25, 0.3) is 9.05 Å². The van der Waals surface area contributed by atoms with Crippen molar-refractivity contribution >= 4 is 37.3 Å². The van der Waals surface area contributed by atoms with E-state index < -0.39 is 15.0 Å². The number of ether oxygens (including phenoxy) is 1. The predicted octanol–water partition coefficient (Wildman–Crippen LogP) is 2.36. The van der Waals surface area contributed by atoms with Crippen molar-refractivity contribution in [3.63, 3.8) is 0 Å². The molecule has 0 aromatic heterocycles. The quantitative estimate of drug-likeness (QED) is 0.617. The molecule has 0 N–H and O–H groups in total. The fourth-order valence-electron chi connectivity index (χ4n) is 1.13. The smallest absolute Gasteiger partial charge is 0.339 e. The van der Waals surface area contributed by atoms with Crippen LogP contribution in [-0.2, 0) is 13.8 Å². The number of aryl methyl sites for hydroxylation is 1. The van der Waals surface area contributed by atoms with E-state index in [-0.39, 0.29) is 15.5 Å². The Balaban J connectivity index is 3.58. The molecule has 0 heterocycles. The first kappa shape index (κ1) is 13.3. The Bertz CT molecular complexity index is 537. The lowest BCUT2D eigenvalue weighted by Gasteiger charge is -2.07. The van der Waals surface area contributed by atoms with E-state index in [4.69, 9.17) is 22.3 Å². The third kappa shape index (κ3) is 2.66. The molecule has 88 valence electrons. The first-order chi connectivity index (χ1) is 7.27. The Morgan fingerprint density at radius 3 is 2.38 bits per heavy atom. The second-order valence-electron chi connectivity index (χ2n) is 3.03. The minimum absolute atomic E-state index is 0.173. The second-order valence-corrected chi connectivity index (χ2v) is 5.97. The monoisotopic (exact) mass is 282 g/mol. The van der Waals surface area contributed by atoms with Gasteiger partial charge in [0.05, 0.1) is 17.6 Å². The van der Waals surface area contributed by atoms with Crippen LogP contribution in [0.3, 0.4) is 0 Å². The molecule has 4 nitrogen and oxygen atoms in total. The first-order valence-electron chi connectivity index (χ1n) is 4.10. The van der Waals surface area contributed by atoms with Crippen LogP contribution < -0.4 is 0 Å². The summed E-state index contributed by atoms with van der Waals surface area (Å²) < 4.78 is 27.0. The number of halogens is 2. The summed E-state index contributed by atoms with van der Waals surface area (Å²) in [6.07, 6.45) is 0. The molecule has 0 bridgehead atoms. The Kier molecular flexibility index (Phi) is 3.83. The van der Waals surface area contributed by atoms with E-state index in [9.17, 15) is 13.2 Å². The lowest BCUT2D eigenvalue weighted by Crippen LogP contribution is -2.08. The van der Waals surface area contributed by atoms with Gasteiger partial charge < -0.3 is 4.74 Å². The highest BCUT2D eigenvalue weighted by molar-refractivity contribution is 8.13. The van der Waals surface area contributed by atoms with Crippen molar-refractivity contribution < 1.29 is 17.9 Å². The molecule has 0 spiro atoms. The topological polar surface area (TPSA) is 60.4 Å². The Morgan fingerprint density at radius 1 is 1.38 bits per heavy atom. The summed E-state index contributed by atoms with van der Waals surface area (Å²) in [4.78, 5) is 11.0. The van der Waals surface area contributed by atoms with Crippen LogP contribution in [-0.4, -0.2) is 21.5 Å². The largest absolute Gasteiger partial charge is 0.465 e. The van der Waals surface area contributed by atoms with Crippen LogP contribution in [0.15, 0.2) is 17.0 Å². The van der Waals surface area contributed by atoms with Crippen molar-refractivity contribution in [2.24, 2.45) is 0 Å². The third-order valence-electron chi connectivity index (χ3n) is 1.93. The van der Waals surface area contributed by atoms with Gasteiger partial charge >= 0.3 is 5.97 Å². The van der Waals surface area contributed by atoms with Gasteiger partial charge in [0.2, 0.25) is 0 Å². The summed E-state index contributed by atoms with van der Waals surface area (Å²) in [6, 6.07) is 2.45. The van der Waals surface area contributed by atoms with Crippen molar-refractivity contribution in [3.8, 4) is 0 Å². The Labute approximate surface area is 103 Å². The molecule has 0 saturated carbocycles. The molecule has 0 unspecified atom stereocenters. The maximum Gasteiger partial charge on any atom is 0.339 e. The van der Waals surface area contributed by atoms with Gasteiger partial charge in [-0.1, -0.05) is 11.6 Å². The van der Waals surface area contributed by atoms with E-state index in [1.54, 1.807) is 6.92 Å². The number of rotatable bonds is 2. The SMILES string of the molecule is COC(=O)c1cc(Cl)c(C)cc1S(=O)(=O)Cl. The number of carbonyl (C=O) groups is 1. The molecule has 0 aliphatic heterocycles. The van der Waals surface area contributed by atoms with Crippen molar-refractivity contribution in [1.82, 2.24) is 0 Å². The van der Waals surface area contributed by atoms with Crippen molar-refractivity contribution in [3.05, 3.63) is 28.3 Å². The van der Waals surface area contributed by atoms with Gasteiger partial charge in [-0.3, -0.25) is 0 Å². The van der Waals surface area contributed by atoms with Crippen molar-refractivity contribution in [2.45, 2.75) is 11.8 Å². The van der Waals surface area contributed by atoms with Crippen LogP contribution in [0.1, 0.15) is 15.9 Å². The van der Waals surface area contributed by atoms with E-state index in [2.05, 4.69) is 4.74 Å². The fraction of sp³-hybridized carbons (Fsp3) is 0.222. The molecule has 7 heteroatoms. The van der Waals surface area contributed by atoms with Crippen LogP contribution in [0.4, 0.5) is 0 Å². The van der Waals surface area contributed by atoms with E-state index >= 15 is 0 Å². The van der Waals surface area contributed by atoms with Gasteiger partial charge in [-0.2, -0.15) is 0 Å². The van der Waals surface area contributed by atoms with Gasteiger partial charge in [-0.15, -0.1) is 0 Å². The van der Waals surface area contributed by atoms with Gasteiger partial charge in [0, 0.05) is 15.7 Å². The standard InChI is InChI=1S/C9H8Cl2O4S/c1-5-3-8(16(11,13)14)6(4-7(5)10)9(12)15-2/h3-4H,1-2H3. The molecule has 0 atom stereocenters. The minimum Gasteiger partial charge on any atom is -0.465 e. The van der Waals surface area contributed by atoms with Gasteiger partial charge in [0.15, 0.2) is 0 Å².